The highest BCUT2D eigenvalue weighted by atomic mass is 35.5. The maximum absolute atomic E-state index is 14.1. The third-order valence-corrected chi connectivity index (χ3v) is 3.60. The number of amides is 2. The van der Waals surface area contributed by atoms with Gasteiger partial charge in [-0.15, -0.1) is 0 Å². The predicted molar refractivity (Wildman–Crippen MR) is 66.9 cm³/mol. The largest absolute Gasteiger partial charge is 0.393 e. The molecular formula is C13H8ClF4NO3. The van der Waals surface area contributed by atoms with Gasteiger partial charge < -0.3 is 0 Å². The summed E-state index contributed by atoms with van der Waals surface area (Å²) in [5.41, 5.74) is -0.839. The number of imide groups is 1. The first kappa shape index (κ1) is 16.4. The molecule has 2 atom stereocenters. The summed E-state index contributed by atoms with van der Waals surface area (Å²) in [6.07, 6.45) is -5.64. The molecule has 0 aliphatic carbocycles. The van der Waals surface area contributed by atoms with E-state index in [1.807, 2.05) is 0 Å². The standard InChI is InChI=1S/C13H8ClF4NO3/c14-8-2-5(4-20)1-6(11(8)15)10-7(13(16,17)18)3-9(21)19-12(10)22/h1-2,4,7,10H,3H2,(H,19,21,22). The van der Waals surface area contributed by atoms with Crippen LogP contribution in [0.15, 0.2) is 12.1 Å². The molecule has 1 aromatic rings. The zero-order valence-electron chi connectivity index (χ0n) is 10.7. The molecule has 1 aromatic carbocycles. The molecule has 4 nitrogen and oxygen atoms in total. The van der Waals surface area contributed by atoms with E-state index in [-0.39, 0.29) is 11.8 Å². The van der Waals surface area contributed by atoms with E-state index >= 15 is 0 Å². The molecule has 0 aromatic heterocycles. The van der Waals surface area contributed by atoms with Gasteiger partial charge in [-0.25, -0.2) is 4.39 Å². The van der Waals surface area contributed by atoms with Crippen LogP contribution in [-0.2, 0) is 9.59 Å². The maximum Gasteiger partial charge on any atom is 0.393 e. The molecule has 2 amide bonds. The molecule has 2 rings (SSSR count). The fourth-order valence-corrected chi connectivity index (χ4v) is 2.59. The molecule has 1 aliphatic heterocycles. The minimum Gasteiger partial charge on any atom is -0.298 e. The number of hydrogen-bond donors (Lipinski definition) is 1. The van der Waals surface area contributed by atoms with Crippen molar-refractivity contribution in [1.29, 1.82) is 0 Å². The quantitative estimate of drug-likeness (QED) is 0.512. The third-order valence-electron chi connectivity index (χ3n) is 3.32. The van der Waals surface area contributed by atoms with Crippen LogP contribution in [0, 0.1) is 11.7 Å². The summed E-state index contributed by atoms with van der Waals surface area (Å²) in [6.45, 7) is 0. The molecular weight excluding hydrogens is 330 g/mol. The van der Waals surface area contributed by atoms with Crippen LogP contribution in [0.25, 0.3) is 0 Å². The Morgan fingerprint density at radius 1 is 1.27 bits per heavy atom. The number of hydrogen-bond acceptors (Lipinski definition) is 3. The molecule has 1 N–H and O–H groups in total. The molecule has 118 valence electrons. The summed E-state index contributed by atoms with van der Waals surface area (Å²) < 4.78 is 53.3. The molecule has 0 spiro atoms. The molecule has 22 heavy (non-hydrogen) atoms. The van der Waals surface area contributed by atoms with Gasteiger partial charge in [-0.2, -0.15) is 13.2 Å². The molecule has 0 radical (unpaired) electrons. The van der Waals surface area contributed by atoms with Crippen LogP contribution < -0.4 is 5.32 Å². The highest BCUT2D eigenvalue weighted by Gasteiger charge is 2.52. The fourth-order valence-electron chi connectivity index (χ4n) is 2.36. The van der Waals surface area contributed by atoms with Crippen LogP contribution in [0.5, 0.6) is 0 Å². The van der Waals surface area contributed by atoms with E-state index in [0.29, 0.717) is 0 Å². The van der Waals surface area contributed by atoms with Gasteiger partial charge in [-0.1, -0.05) is 11.6 Å². The number of carbonyl (C=O) groups is 3. The van der Waals surface area contributed by atoms with E-state index in [1.165, 1.54) is 0 Å². The number of halogens is 5. The second kappa shape index (κ2) is 5.68. The van der Waals surface area contributed by atoms with Crippen LogP contribution in [0.1, 0.15) is 28.3 Å². The van der Waals surface area contributed by atoms with Gasteiger partial charge in [0.1, 0.15) is 12.1 Å². The van der Waals surface area contributed by atoms with Crippen LogP contribution in [0.2, 0.25) is 5.02 Å². The van der Waals surface area contributed by atoms with E-state index in [9.17, 15) is 31.9 Å². The molecule has 1 fully saturated rings. The van der Waals surface area contributed by atoms with E-state index in [4.69, 9.17) is 11.6 Å². The van der Waals surface area contributed by atoms with Crippen molar-refractivity contribution in [3.8, 4) is 0 Å². The molecule has 0 bridgehead atoms. The lowest BCUT2D eigenvalue weighted by Gasteiger charge is -2.32. The average Bonchev–Trinajstić information content (AvgIpc) is 2.40. The van der Waals surface area contributed by atoms with E-state index < -0.39 is 52.7 Å². The van der Waals surface area contributed by atoms with Crippen LogP contribution in [0.3, 0.4) is 0 Å². The van der Waals surface area contributed by atoms with Gasteiger partial charge >= 0.3 is 6.18 Å². The van der Waals surface area contributed by atoms with Gasteiger partial charge in [0, 0.05) is 17.5 Å². The molecule has 1 saturated heterocycles. The first-order chi connectivity index (χ1) is 10.1. The molecule has 1 aliphatic rings. The number of alkyl halides is 3. The van der Waals surface area contributed by atoms with Crippen molar-refractivity contribution in [3.63, 3.8) is 0 Å². The minimum absolute atomic E-state index is 0.174. The minimum atomic E-state index is -4.89. The lowest BCUT2D eigenvalue weighted by atomic mass is 9.79. The number of benzene rings is 1. The Labute approximate surface area is 126 Å². The van der Waals surface area contributed by atoms with Gasteiger partial charge in [0.15, 0.2) is 0 Å². The van der Waals surface area contributed by atoms with E-state index in [0.717, 1.165) is 12.1 Å². The van der Waals surface area contributed by atoms with Crippen LogP contribution in [-0.4, -0.2) is 24.3 Å². The number of piperidine rings is 1. The highest BCUT2D eigenvalue weighted by molar-refractivity contribution is 6.31. The number of carbonyl (C=O) groups excluding carboxylic acids is 3. The van der Waals surface area contributed by atoms with Crippen molar-refractivity contribution in [2.75, 3.05) is 0 Å². The van der Waals surface area contributed by atoms with Crippen molar-refractivity contribution in [2.45, 2.75) is 18.5 Å². The van der Waals surface area contributed by atoms with Crippen molar-refractivity contribution in [2.24, 2.45) is 5.92 Å². The van der Waals surface area contributed by atoms with E-state index in [1.54, 1.807) is 5.32 Å². The Morgan fingerprint density at radius 2 is 1.91 bits per heavy atom. The summed E-state index contributed by atoms with van der Waals surface area (Å²) in [5, 5.41) is 1.16. The van der Waals surface area contributed by atoms with Gasteiger partial charge in [0.2, 0.25) is 11.8 Å². The normalized spacial score (nSPS) is 22.4. The molecule has 9 heteroatoms. The first-order valence-electron chi connectivity index (χ1n) is 5.99. The first-order valence-corrected chi connectivity index (χ1v) is 6.37. The Hall–Kier alpha value is -1.96. The topological polar surface area (TPSA) is 63.2 Å². The molecule has 1 heterocycles. The van der Waals surface area contributed by atoms with Crippen molar-refractivity contribution in [1.82, 2.24) is 5.32 Å². The van der Waals surface area contributed by atoms with E-state index in [2.05, 4.69) is 0 Å². The zero-order chi connectivity index (χ0) is 16.7. The lowest BCUT2D eigenvalue weighted by Crippen LogP contribution is -2.49. The average molecular weight is 338 g/mol. The van der Waals surface area contributed by atoms with Crippen LogP contribution >= 0.6 is 11.6 Å². The molecule has 0 saturated carbocycles. The number of nitrogens with one attached hydrogen (secondary N) is 1. The molecule has 2 unspecified atom stereocenters. The summed E-state index contributed by atoms with van der Waals surface area (Å²) in [7, 11) is 0. The number of aldehydes is 1. The maximum atomic E-state index is 14.1. The summed E-state index contributed by atoms with van der Waals surface area (Å²) in [4.78, 5) is 33.7. The summed E-state index contributed by atoms with van der Waals surface area (Å²) in [6, 6.07) is 1.76. The van der Waals surface area contributed by atoms with Gasteiger partial charge in [0.25, 0.3) is 0 Å². The van der Waals surface area contributed by atoms with Crippen molar-refractivity contribution >= 4 is 29.7 Å². The monoisotopic (exact) mass is 337 g/mol. The Balaban J connectivity index is 2.61. The second-order valence-electron chi connectivity index (χ2n) is 4.77. The smallest absolute Gasteiger partial charge is 0.298 e. The second-order valence-corrected chi connectivity index (χ2v) is 5.17. The third kappa shape index (κ3) is 2.96. The van der Waals surface area contributed by atoms with Gasteiger partial charge in [-0.3, -0.25) is 19.7 Å². The van der Waals surface area contributed by atoms with Crippen LogP contribution in [0.4, 0.5) is 17.6 Å². The fraction of sp³-hybridized carbons (Fsp3) is 0.308. The highest BCUT2D eigenvalue weighted by Crippen LogP contribution is 2.43. The van der Waals surface area contributed by atoms with Crippen molar-refractivity contribution < 1.29 is 31.9 Å². The van der Waals surface area contributed by atoms with Crippen molar-refractivity contribution in [3.05, 3.63) is 34.1 Å². The number of rotatable bonds is 2. The predicted octanol–water partition coefficient (Wildman–Crippen LogP) is 2.60. The zero-order valence-corrected chi connectivity index (χ0v) is 11.5. The Morgan fingerprint density at radius 3 is 2.45 bits per heavy atom. The Bertz CT molecular complexity index is 659. The van der Waals surface area contributed by atoms with Gasteiger partial charge in [0.05, 0.1) is 16.9 Å². The van der Waals surface area contributed by atoms with Gasteiger partial charge in [-0.05, 0) is 12.1 Å². The Kier molecular flexibility index (Phi) is 4.23. The summed E-state index contributed by atoms with van der Waals surface area (Å²) in [5.74, 6) is -7.98. The SMILES string of the molecule is O=Cc1cc(Cl)c(F)c(C2C(=O)NC(=O)CC2C(F)(F)F)c1. The lowest BCUT2D eigenvalue weighted by molar-refractivity contribution is -0.191. The summed E-state index contributed by atoms with van der Waals surface area (Å²) >= 11 is 5.54.